The zero-order chi connectivity index (χ0) is 20.6. The lowest BCUT2D eigenvalue weighted by Crippen LogP contribution is -2.43. The van der Waals surface area contributed by atoms with E-state index in [1.165, 1.54) is 12.1 Å². The van der Waals surface area contributed by atoms with Crippen LogP contribution in [0.1, 0.15) is 11.1 Å². The van der Waals surface area contributed by atoms with Gasteiger partial charge in [-0.2, -0.15) is 13.2 Å². The van der Waals surface area contributed by atoms with E-state index in [4.69, 9.17) is 16.3 Å². The fourth-order valence-corrected chi connectivity index (χ4v) is 2.73. The van der Waals surface area contributed by atoms with Crippen LogP contribution in [0.4, 0.5) is 13.2 Å². The van der Waals surface area contributed by atoms with E-state index < -0.39 is 22.7 Å². The Bertz CT molecular complexity index is 720. The van der Waals surface area contributed by atoms with Gasteiger partial charge in [0.15, 0.2) is 0 Å². The minimum atomic E-state index is -4.58. The molecule has 0 aliphatic carbocycles. The number of nitrogens with zero attached hydrogens (tertiary/aromatic N) is 1. The van der Waals surface area contributed by atoms with Crippen molar-refractivity contribution in [2.45, 2.75) is 6.18 Å². The highest BCUT2D eigenvalue weighted by Crippen LogP contribution is 2.35. The van der Waals surface area contributed by atoms with E-state index >= 15 is 0 Å². The van der Waals surface area contributed by atoms with Gasteiger partial charge in [-0.05, 0) is 23.8 Å². The van der Waals surface area contributed by atoms with Crippen LogP contribution in [-0.2, 0) is 20.5 Å². The summed E-state index contributed by atoms with van der Waals surface area (Å²) in [7, 11) is 0. The molecule has 2 rings (SSSR count). The molecule has 0 atom stereocenters. The summed E-state index contributed by atoms with van der Waals surface area (Å²) in [6, 6.07) is 3.33. The number of halogens is 4. The van der Waals surface area contributed by atoms with Crippen LogP contribution in [0.25, 0.3) is 6.08 Å². The van der Waals surface area contributed by atoms with Crippen LogP contribution in [0, 0.1) is 0 Å². The number of carbonyl (C=O) groups is 2. The summed E-state index contributed by atoms with van der Waals surface area (Å²) in [4.78, 5) is 25.6. The van der Waals surface area contributed by atoms with Crippen LogP contribution in [0.3, 0.4) is 0 Å². The summed E-state index contributed by atoms with van der Waals surface area (Å²) < 4.78 is 43.7. The molecule has 1 fully saturated rings. The fourth-order valence-electron chi connectivity index (χ4n) is 2.50. The number of nitrogens with one attached hydrogen (secondary N) is 2. The van der Waals surface area contributed by atoms with Gasteiger partial charge in [0.2, 0.25) is 11.8 Å². The van der Waals surface area contributed by atoms with E-state index in [1.807, 2.05) is 0 Å². The fraction of sp³-hybridized carbons (Fsp3) is 0.444. The molecule has 28 heavy (non-hydrogen) atoms. The summed E-state index contributed by atoms with van der Waals surface area (Å²) in [5.74, 6) is -0.937. The third kappa shape index (κ3) is 7.49. The van der Waals surface area contributed by atoms with Crippen LogP contribution in [0.5, 0.6) is 0 Å². The summed E-state index contributed by atoms with van der Waals surface area (Å²) in [5.41, 5.74) is -0.807. The Hall–Kier alpha value is -2.10. The van der Waals surface area contributed by atoms with Crippen LogP contribution >= 0.6 is 11.6 Å². The Kier molecular flexibility index (Phi) is 8.28. The molecule has 2 amide bonds. The van der Waals surface area contributed by atoms with E-state index in [0.717, 1.165) is 31.3 Å². The zero-order valence-corrected chi connectivity index (χ0v) is 15.8. The minimum Gasteiger partial charge on any atom is -0.379 e. The normalized spacial score (nSPS) is 15.6. The van der Waals surface area contributed by atoms with Crippen LogP contribution in [0.2, 0.25) is 5.02 Å². The minimum absolute atomic E-state index is 0.168. The first kappa shape index (κ1) is 22.2. The quantitative estimate of drug-likeness (QED) is 0.663. The summed E-state index contributed by atoms with van der Waals surface area (Å²) in [5, 5.41) is 4.65. The number of ether oxygens (including phenoxy) is 1. The molecular formula is C18H21ClF3N3O3. The van der Waals surface area contributed by atoms with Crippen LogP contribution in [-0.4, -0.2) is 62.7 Å². The molecule has 0 unspecified atom stereocenters. The van der Waals surface area contributed by atoms with E-state index in [9.17, 15) is 22.8 Å². The molecule has 0 spiro atoms. The summed E-state index contributed by atoms with van der Waals surface area (Å²) in [6.07, 6.45) is -2.30. The van der Waals surface area contributed by atoms with Crippen molar-refractivity contribution >= 4 is 29.5 Å². The van der Waals surface area contributed by atoms with E-state index in [1.54, 1.807) is 0 Å². The highest BCUT2D eigenvalue weighted by atomic mass is 35.5. The number of alkyl halides is 3. The average molecular weight is 420 g/mol. The lowest BCUT2D eigenvalue weighted by atomic mass is 10.1. The number of benzene rings is 1. The van der Waals surface area contributed by atoms with Crippen molar-refractivity contribution < 1.29 is 27.5 Å². The first-order valence-electron chi connectivity index (χ1n) is 8.65. The molecule has 1 aliphatic rings. The van der Waals surface area contributed by atoms with Gasteiger partial charge in [0.05, 0.1) is 30.3 Å². The molecule has 0 radical (unpaired) electrons. The highest BCUT2D eigenvalue weighted by Gasteiger charge is 2.33. The predicted molar refractivity (Wildman–Crippen MR) is 98.8 cm³/mol. The second kappa shape index (κ2) is 10.4. The molecule has 154 valence electrons. The molecule has 0 saturated carbocycles. The molecular weight excluding hydrogens is 399 g/mol. The van der Waals surface area contributed by atoms with Gasteiger partial charge >= 0.3 is 6.18 Å². The van der Waals surface area contributed by atoms with Crippen molar-refractivity contribution in [3.63, 3.8) is 0 Å². The van der Waals surface area contributed by atoms with Gasteiger partial charge in [-0.3, -0.25) is 14.5 Å². The lowest BCUT2D eigenvalue weighted by Gasteiger charge is -2.26. The van der Waals surface area contributed by atoms with E-state index in [-0.39, 0.29) is 18.0 Å². The molecule has 1 heterocycles. The molecule has 2 N–H and O–H groups in total. The first-order chi connectivity index (χ1) is 13.3. The number of amides is 2. The molecule has 1 aliphatic heterocycles. The van der Waals surface area contributed by atoms with E-state index in [2.05, 4.69) is 15.5 Å². The number of rotatable bonds is 7. The Labute approximate surface area is 165 Å². The molecule has 1 aromatic rings. The molecule has 0 aromatic heterocycles. The van der Waals surface area contributed by atoms with Crippen LogP contribution in [0.15, 0.2) is 24.3 Å². The van der Waals surface area contributed by atoms with Gasteiger partial charge in [0.1, 0.15) is 0 Å². The third-order valence-electron chi connectivity index (χ3n) is 4.00. The van der Waals surface area contributed by atoms with Crippen molar-refractivity contribution in [3.8, 4) is 0 Å². The molecule has 10 heteroatoms. The Morgan fingerprint density at radius 3 is 2.61 bits per heavy atom. The molecule has 6 nitrogen and oxygen atoms in total. The molecule has 1 aromatic carbocycles. The molecule has 1 saturated heterocycles. The standard InChI is InChI=1S/C18H21ClF3N3O3/c19-15-3-1-13(11-14(15)18(20,21)22)2-4-16(26)24-12-17(27)23-5-6-25-7-9-28-10-8-25/h1-4,11H,5-10,12H2,(H,23,27)(H,24,26). The Balaban J connectivity index is 1.73. The number of hydrogen-bond donors (Lipinski definition) is 2. The first-order valence-corrected chi connectivity index (χ1v) is 9.03. The smallest absolute Gasteiger partial charge is 0.379 e. The average Bonchev–Trinajstić information content (AvgIpc) is 2.65. The van der Waals surface area contributed by atoms with Gasteiger partial charge in [0, 0.05) is 32.3 Å². The van der Waals surface area contributed by atoms with Gasteiger partial charge in [0.25, 0.3) is 0 Å². The Morgan fingerprint density at radius 2 is 1.93 bits per heavy atom. The Morgan fingerprint density at radius 1 is 1.21 bits per heavy atom. The van der Waals surface area contributed by atoms with E-state index in [0.29, 0.717) is 26.3 Å². The van der Waals surface area contributed by atoms with Crippen molar-refractivity contribution in [1.82, 2.24) is 15.5 Å². The highest BCUT2D eigenvalue weighted by molar-refractivity contribution is 6.31. The van der Waals surface area contributed by atoms with Crippen molar-refractivity contribution in [2.24, 2.45) is 0 Å². The lowest BCUT2D eigenvalue weighted by molar-refractivity contribution is -0.137. The topological polar surface area (TPSA) is 70.7 Å². The number of carbonyl (C=O) groups excluding carboxylic acids is 2. The van der Waals surface area contributed by atoms with Crippen LogP contribution < -0.4 is 10.6 Å². The number of hydrogen-bond acceptors (Lipinski definition) is 4. The maximum atomic E-state index is 12.8. The largest absolute Gasteiger partial charge is 0.417 e. The maximum Gasteiger partial charge on any atom is 0.417 e. The second-order valence-corrected chi connectivity index (χ2v) is 6.50. The maximum absolute atomic E-state index is 12.8. The SMILES string of the molecule is O=C(C=Cc1ccc(Cl)c(C(F)(F)F)c1)NCC(=O)NCCN1CCOCC1. The molecule has 0 bridgehead atoms. The van der Waals surface area contributed by atoms with Gasteiger partial charge in [-0.25, -0.2) is 0 Å². The van der Waals surface area contributed by atoms with Crippen molar-refractivity contribution in [2.75, 3.05) is 45.9 Å². The zero-order valence-electron chi connectivity index (χ0n) is 15.0. The summed E-state index contributed by atoms with van der Waals surface area (Å²) >= 11 is 5.54. The second-order valence-electron chi connectivity index (χ2n) is 6.09. The van der Waals surface area contributed by atoms with Crippen molar-refractivity contribution in [1.29, 1.82) is 0 Å². The van der Waals surface area contributed by atoms with Gasteiger partial charge < -0.3 is 15.4 Å². The monoisotopic (exact) mass is 419 g/mol. The predicted octanol–water partition coefficient (Wildman–Crippen LogP) is 1.94. The summed E-state index contributed by atoms with van der Waals surface area (Å²) in [6.45, 7) is 3.91. The van der Waals surface area contributed by atoms with Gasteiger partial charge in [-0.1, -0.05) is 17.7 Å². The van der Waals surface area contributed by atoms with Crippen molar-refractivity contribution in [3.05, 3.63) is 40.4 Å². The number of morpholine rings is 1. The third-order valence-corrected chi connectivity index (χ3v) is 4.33. The van der Waals surface area contributed by atoms with Gasteiger partial charge in [-0.15, -0.1) is 0 Å².